The Morgan fingerprint density at radius 3 is 1.24 bits per heavy atom. The minimum atomic E-state index is -0.565. The third-order valence-electron chi connectivity index (χ3n) is 5.31. The molecule has 0 spiro atoms. The van der Waals surface area contributed by atoms with E-state index >= 15 is 0 Å². The predicted molar refractivity (Wildman–Crippen MR) is 95.8 cm³/mol. The van der Waals surface area contributed by atoms with Gasteiger partial charge in [-0.3, -0.25) is 0 Å². The average Bonchev–Trinajstić information content (AvgIpc) is 2.38. The second kappa shape index (κ2) is 11.5. The maximum absolute atomic E-state index is 10.1. The first kappa shape index (κ1) is 21.0. The molecule has 0 radical (unpaired) electrons. The van der Waals surface area contributed by atoms with Gasteiger partial charge in [0.25, 0.3) is 0 Å². The number of unbranched alkanes of at least 4 members (excludes halogenated alkanes) is 11. The molecule has 1 nitrogen and oxygen atoms in total. The Morgan fingerprint density at radius 1 is 0.571 bits per heavy atom. The number of hydrogen-bond acceptors (Lipinski definition) is 1. The van der Waals surface area contributed by atoms with E-state index in [-0.39, 0.29) is 5.41 Å². The number of hydrogen-bond donors (Lipinski definition) is 1. The van der Waals surface area contributed by atoms with Crippen molar-refractivity contribution >= 4 is 0 Å². The molecule has 0 saturated heterocycles. The summed E-state index contributed by atoms with van der Waals surface area (Å²) in [5.74, 6) is 0. The smallest absolute Gasteiger partial charge is 0.0642 e. The molecule has 21 heavy (non-hydrogen) atoms. The average molecular weight is 299 g/mol. The van der Waals surface area contributed by atoms with Gasteiger partial charge in [-0.1, -0.05) is 97.8 Å². The van der Waals surface area contributed by atoms with Gasteiger partial charge in [-0.05, 0) is 25.7 Å². The van der Waals surface area contributed by atoms with E-state index in [4.69, 9.17) is 0 Å². The fraction of sp³-hybridized carbons (Fsp3) is 1.00. The number of aliphatic hydroxyl groups is 1. The topological polar surface area (TPSA) is 20.2 Å². The Hall–Kier alpha value is -0.0400. The zero-order valence-corrected chi connectivity index (χ0v) is 15.6. The predicted octanol–water partition coefficient (Wildman–Crippen LogP) is 6.87. The first-order valence-electron chi connectivity index (χ1n) is 9.53. The summed E-state index contributed by atoms with van der Waals surface area (Å²) in [6.45, 7) is 10.5. The molecule has 0 aromatic rings. The van der Waals surface area contributed by atoms with Crippen molar-refractivity contribution in [1.29, 1.82) is 0 Å². The third kappa shape index (κ3) is 11.2. The molecule has 0 unspecified atom stereocenters. The fourth-order valence-electron chi connectivity index (χ4n) is 2.71. The Labute approximate surface area is 134 Å². The lowest BCUT2D eigenvalue weighted by Gasteiger charge is -2.37. The molecule has 1 N–H and O–H groups in total. The van der Waals surface area contributed by atoms with E-state index in [0.717, 1.165) is 6.42 Å². The molecule has 0 bridgehead atoms. The number of rotatable bonds is 14. The molecule has 0 saturated carbocycles. The van der Waals surface area contributed by atoms with Crippen molar-refractivity contribution in [2.45, 2.75) is 124 Å². The molecule has 0 atom stereocenters. The van der Waals surface area contributed by atoms with E-state index in [2.05, 4.69) is 20.8 Å². The summed E-state index contributed by atoms with van der Waals surface area (Å²) in [5.41, 5.74) is -0.531. The van der Waals surface area contributed by atoms with Crippen molar-refractivity contribution in [2.24, 2.45) is 5.41 Å². The van der Waals surface area contributed by atoms with Crippen LogP contribution in [0.15, 0.2) is 0 Å². The van der Waals surface area contributed by atoms with Crippen molar-refractivity contribution in [3.8, 4) is 0 Å². The van der Waals surface area contributed by atoms with E-state index in [1.165, 1.54) is 77.0 Å². The highest BCUT2D eigenvalue weighted by molar-refractivity contribution is 4.85. The summed E-state index contributed by atoms with van der Waals surface area (Å²) in [4.78, 5) is 0. The summed E-state index contributed by atoms with van der Waals surface area (Å²) in [6, 6.07) is 0. The molecule has 0 aliphatic carbocycles. The highest BCUT2D eigenvalue weighted by Gasteiger charge is 2.33. The Balaban J connectivity index is 3.30. The Bertz CT molecular complexity index is 224. The quantitative estimate of drug-likeness (QED) is 0.347. The van der Waals surface area contributed by atoms with E-state index in [9.17, 15) is 5.11 Å². The lowest BCUT2D eigenvalue weighted by Crippen LogP contribution is -2.38. The highest BCUT2D eigenvalue weighted by Crippen LogP contribution is 2.35. The van der Waals surface area contributed by atoms with Crippen LogP contribution in [0.25, 0.3) is 0 Å². The Kier molecular flexibility index (Phi) is 11.5. The van der Waals surface area contributed by atoms with Crippen LogP contribution in [0.1, 0.15) is 118 Å². The van der Waals surface area contributed by atoms with Gasteiger partial charge in [0.05, 0.1) is 5.60 Å². The largest absolute Gasteiger partial charge is 0.390 e. The maximum atomic E-state index is 10.1. The SMILES string of the molecule is CCCCCCCCCCCCCCC(C)(C)C(C)(C)O. The zero-order valence-electron chi connectivity index (χ0n) is 15.6. The molecule has 0 heterocycles. The molecule has 0 fully saturated rings. The van der Waals surface area contributed by atoms with Crippen molar-refractivity contribution in [3.05, 3.63) is 0 Å². The summed E-state index contributed by atoms with van der Waals surface area (Å²) in [7, 11) is 0. The van der Waals surface area contributed by atoms with E-state index in [1.54, 1.807) is 0 Å². The van der Waals surface area contributed by atoms with Gasteiger partial charge in [0, 0.05) is 0 Å². The van der Waals surface area contributed by atoms with E-state index < -0.39 is 5.60 Å². The van der Waals surface area contributed by atoms with Crippen LogP contribution in [0.4, 0.5) is 0 Å². The second-order valence-corrected chi connectivity index (χ2v) is 8.08. The van der Waals surface area contributed by atoms with Crippen LogP contribution >= 0.6 is 0 Å². The van der Waals surface area contributed by atoms with Crippen LogP contribution in [-0.4, -0.2) is 10.7 Å². The first-order valence-corrected chi connectivity index (χ1v) is 9.53. The molecule has 0 rings (SSSR count). The van der Waals surface area contributed by atoms with Crippen molar-refractivity contribution in [1.82, 2.24) is 0 Å². The van der Waals surface area contributed by atoms with Crippen LogP contribution in [0, 0.1) is 5.41 Å². The van der Waals surface area contributed by atoms with Gasteiger partial charge in [0.1, 0.15) is 0 Å². The van der Waals surface area contributed by atoms with Crippen molar-refractivity contribution in [3.63, 3.8) is 0 Å². The van der Waals surface area contributed by atoms with Gasteiger partial charge in [-0.15, -0.1) is 0 Å². The van der Waals surface area contributed by atoms with Crippen LogP contribution in [0.5, 0.6) is 0 Å². The molecular formula is C20H42O. The monoisotopic (exact) mass is 298 g/mol. The highest BCUT2D eigenvalue weighted by atomic mass is 16.3. The normalized spacial score (nSPS) is 12.9. The molecule has 128 valence electrons. The molecule has 0 amide bonds. The van der Waals surface area contributed by atoms with Gasteiger partial charge in [0.2, 0.25) is 0 Å². The van der Waals surface area contributed by atoms with E-state index in [1.807, 2.05) is 13.8 Å². The summed E-state index contributed by atoms with van der Waals surface area (Å²) in [6.07, 6.45) is 17.9. The zero-order chi connectivity index (χ0) is 16.2. The van der Waals surface area contributed by atoms with Gasteiger partial charge in [0.15, 0.2) is 0 Å². The van der Waals surface area contributed by atoms with Crippen LogP contribution in [-0.2, 0) is 0 Å². The molecular weight excluding hydrogens is 256 g/mol. The Morgan fingerprint density at radius 2 is 0.905 bits per heavy atom. The summed E-state index contributed by atoms with van der Waals surface area (Å²) >= 11 is 0. The first-order chi connectivity index (χ1) is 9.81. The minimum absolute atomic E-state index is 0.0332. The standard InChI is InChI=1S/C20H42O/c1-6-7-8-9-10-11-12-13-14-15-16-17-18-19(2,3)20(4,5)21/h21H,6-18H2,1-5H3. The van der Waals surface area contributed by atoms with Crippen molar-refractivity contribution < 1.29 is 5.11 Å². The van der Waals surface area contributed by atoms with Crippen molar-refractivity contribution in [2.75, 3.05) is 0 Å². The van der Waals surface area contributed by atoms with E-state index in [0.29, 0.717) is 0 Å². The van der Waals surface area contributed by atoms with Gasteiger partial charge >= 0.3 is 0 Å². The van der Waals surface area contributed by atoms with Crippen LogP contribution < -0.4 is 0 Å². The minimum Gasteiger partial charge on any atom is -0.390 e. The molecule has 0 aromatic heterocycles. The molecule has 0 aliphatic rings. The third-order valence-corrected chi connectivity index (χ3v) is 5.31. The lowest BCUT2D eigenvalue weighted by atomic mass is 9.73. The molecule has 1 heteroatoms. The van der Waals surface area contributed by atoms with Crippen LogP contribution in [0.2, 0.25) is 0 Å². The van der Waals surface area contributed by atoms with Gasteiger partial charge in [-0.25, -0.2) is 0 Å². The maximum Gasteiger partial charge on any atom is 0.0642 e. The van der Waals surface area contributed by atoms with Crippen LogP contribution in [0.3, 0.4) is 0 Å². The lowest BCUT2D eigenvalue weighted by molar-refractivity contribution is -0.0405. The molecule has 0 aromatic carbocycles. The van der Waals surface area contributed by atoms with Gasteiger partial charge in [-0.2, -0.15) is 0 Å². The van der Waals surface area contributed by atoms with Gasteiger partial charge < -0.3 is 5.11 Å². The summed E-state index contributed by atoms with van der Waals surface area (Å²) in [5, 5.41) is 10.1. The second-order valence-electron chi connectivity index (χ2n) is 8.08. The summed E-state index contributed by atoms with van der Waals surface area (Å²) < 4.78 is 0. The fourth-order valence-corrected chi connectivity index (χ4v) is 2.71. The molecule has 0 aliphatic heterocycles.